The molecule has 0 saturated carbocycles. The molecule has 0 unspecified atom stereocenters. The summed E-state index contributed by atoms with van der Waals surface area (Å²) in [4.78, 5) is 23.1. The van der Waals surface area contributed by atoms with Crippen molar-refractivity contribution in [2.24, 2.45) is 0 Å². The number of ether oxygens (including phenoxy) is 1. The van der Waals surface area contributed by atoms with Crippen molar-refractivity contribution in [3.63, 3.8) is 0 Å². The summed E-state index contributed by atoms with van der Waals surface area (Å²) in [6.45, 7) is 3.29. The third kappa shape index (κ3) is 6.79. The van der Waals surface area contributed by atoms with Gasteiger partial charge in [-0.25, -0.2) is 4.79 Å². The van der Waals surface area contributed by atoms with E-state index in [-0.39, 0.29) is 5.11 Å². The van der Waals surface area contributed by atoms with Gasteiger partial charge in [0.1, 0.15) is 5.75 Å². The Balaban J connectivity index is 1.98. The van der Waals surface area contributed by atoms with Gasteiger partial charge in [-0.1, -0.05) is 28.1 Å². The first-order chi connectivity index (χ1) is 13.2. The predicted octanol–water partition coefficient (Wildman–Crippen LogP) is 4.22. The molecule has 0 fully saturated rings. The molecule has 0 saturated heterocycles. The minimum Gasteiger partial charge on any atom is -0.478 e. The lowest BCUT2D eigenvalue weighted by atomic mass is 10.1. The molecule has 0 heterocycles. The van der Waals surface area contributed by atoms with Gasteiger partial charge in [-0.2, -0.15) is 0 Å². The fourth-order valence-electron chi connectivity index (χ4n) is 2.15. The summed E-state index contributed by atoms with van der Waals surface area (Å²) in [5, 5.41) is 14.3. The molecule has 0 radical (unpaired) electrons. The third-order valence-corrected chi connectivity index (χ3v) is 4.26. The molecule has 6 nitrogen and oxygen atoms in total. The number of anilines is 1. The van der Waals surface area contributed by atoms with Crippen LogP contribution < -0.4 is 15.4 Å². The number of halogens is 1. The number of hydrogen-bond donors (Lipinski definition) is 3. The number of rotatable bonds is 6. The van der Waals surface area contributed by atoms with Gasteiger partial charge in [-0.15, -0.1) is 0 Å². The van der Waals surface area contributed by atoms with Gasteiger partial charge in [0.2, 0.25) is 0 Å². The molecular formula is C20H19BrN2O4S. The molecule has 28 heavy (non-hydrogen) atoms. The van der Waals surface area contributed by atoms with Gasteiger partial charge in [-0.05, 0) is 74.1 Å². The highest BCUT2D eigenvalue weighted by Crippen LogP contribution is 2.21. The minimum absolute atomic E-state index is 0.108. The highest BCUT2D eigenvalue weighted by molar-refractivity contribution is 9.10. The molecule has 0 aliphatic carbocycles. The van der Waals surface area contributed by atoms with Crippen molar-refractivity contribution in [1.82, 2.24) is 5.32 Å². The lowest BCUT2D eigenvalue weighted by Crippen LogP contribution is -2.49. The summed E-state index contributed by atoms with van der Waals surface area (Å²) in [5.74, 6) is -0.885. The maximum Gasteiger partial charge on any atom is 0.328 e. The lowest BCUT2D eigenvalue weighted by molar-refractivity contribution is -0.132. The van der Waals surface area contributed by atoms with Crippen LogP contribution >= 0.6 is 28.1 Å². The normalized spacial score (nSPS) is 11.1. The highest BCUT2D eigenvalue weighted by Gasteiger charge is 2.30. The first-order valence-electron chi connectivity index (χ1n) is 8.24. The summed E-state index contributed by atoms with van der Waals surface area (Å²) >= 11 is 8.54. The summed E-state index contributed by atoms with van der Waals surface area (Å²) in [6.07, 6.45) is 2.51. The standard InChI is InChI=1S/C20H19BrN2O4S/c1-20(2,27-16-9-7-14(21)8-10-16)18(26)23-19(28)22-15-5-3-4-13(12-15)6-11-17(24)25/h3-12H,1-2H3,(H,24,25)(H2,22,23,26,28)/b11-6+. The van der Waals surface area contributed by atoms with Gasteiger partial charge in [0, 0.05) is 16.2 Å². The Bertz CT molecular complexity index is 911. The van der Waals surface area contributed by atoms with Crippen molar-refractivity contribution in [1.29, 1.82) is 0 Å². The van der Waals surface area contributed by atoms with Crippen molar-refractivity contribution in [2.45, 2.75) is 19.4 Å². The first-order valence-corrected chi connectivity index (χ1v) is 9.44. The Morgan fingerprint density at radius 2 is 1.86 bits per heavy atom. The molecule has 3 N–H and O–H groups in total. The Hall–Kier alpha value is -2.71. The molecule has 1 amide bonds. The van der Waals surface area contributed by atoms with E-state index < -0.39 is 17.5 Å². The molecule has 0 aromatic heterocycles. The monoisotopic (exact) mass is 462 g/mol. The van der Waals surface area contributed by atoms with Gasteiger partial charge >= 0.3 is 5.97 Å². The second-order valence-electron chi connectivity index (χ2n) is 6.27. The number of benzene rings is 2. The minimum atomic E-state index is -1.15. The second-order valence-corrected chi connectivity index (χ2v) is 7.60. The largest absolute Gasteiger partial charge is 0.478 e. The quantitative estimate of drug-likeness (QED) is 0.440. The number of thiocarbonyl (C=S) groups is 1. The molecule has 0 aliphatic rings. The molecular weight excluding hydrogens is 444 g/mol. The zero-order valence-corrected chi connectivity index (χ0v) is 17.6. The van der Waals surface area contributed by atoms with Crippen LogP contribution in [-0.2, 0) is 9.59 Å². The Morgan fingerprint density at radius 3 is 2.50 bits per heavy atom. The van der Waals surface area contributed by atoms with Gasteiger partial charge in [-0.3, -0.25) is 10.1 Å². The fraction of sp³-hybridized carbons (Fsp3) is 0.150. The van der Waals surface area contributed by atoms with Gasteiger partial charge in [0.05, 0.1) is 0 Å². The molecule has 2 rings (SSSR count). The van der Waals surface area contributed by atoms with E-state index in [0.29, 0.717) is 17.0 Å². The van der Waals surface area contributed by atoms with E-state index in [1.54, 1.807) is 50.2 Å². The van der Waals surface area contributed by atoms with Crippen LogP contribution in [0.3, 0.4) is 0 Å². The van der Waals surface area contributed by atoms with Gasteiger partial charge < -0.3 is 15.2 Å². The summed E-state index contributed by atoms with van der Waals surface area (Å²) in [7, 11) is 0. The van der Waals surface area contributed by atoms with Crippen LogP contribution in [0, 0.1) is 0 Å². The Kier molecular flexibility index (Phi) is 7.31. The maximum atomic E-state index is 12.5. The topological polar surface area (TPSA) is 87.7 Å². The molecule has 0 aliphatic heterocycles. The van der Waals surface area contributed by atoms with Crippen LogP contribution in [-0.4, -0.2) is 27.7 Å². The number of carbonyl (C=O) groups is 2. The maximum absolute atomic E-state index is 12.5. The average Bonchev–Trinajstić information content (AvgIpc) is 2.62. The number of nitrogens with one attached hydrogen (secondary N) is 2. The number of carboxylic acid groups (broad SMARTS) is 1. The van der Waals surface area contributed by atoms with Crippen molar-refractivity contribution in [3.8, 4) is 5.75 Å². The SMILES string of the molecule is CC(C)(Oc1ccc(Br)cc1)C(=O)NC(=S)Nc1cccc(/C=C/C(=O)O)c1. The van der Waals surface area contributed by atoms with Gasteiger partial charge in [0.25, 0.3) is 5.91 Å². The van der Waals surface area contributed by atoms with Crippen molar-refractivity contribution >= 4 is 56.9 Å². The molecule has 0 bridgehead atoms. The van der Waals surface area contributed by atoms with Crippen molar-refractivity contribution in [3.05, 3.63) is 64.6 Å². The second kappa shape index (κ2) is 9.48. The molecule has 0 spiro atoms. The van der Waals surface area contributed by atoms with E-state index in [1.165, 1.54) is 6.08 Å². The highest BCUT2D eigenvalue weighted by atomic mass is 79.9. The van der Waals surface area contributed by atoms with Crippen LogP contribution in [0.4, 0.5) is 5.69 Å². The fourth-order valence-corrected chi connectivity index (χ4v) is 2.62. The van der Waals surface area contributed by atoms with E-state index in [1.807, 2.05) is 12.1 Å². The molecule has 0 atom stereocenters. The van der Waals surface area contributed by atoms with Crippen molar-refractivity contribution < 1.29 is 19.4 Å². The molecule has 146 valence electrons. The number of amides is 1. The van der Waals surface area contributed by atoms with Crippen molar-refractivity contribution in [2.75, 3.05) is 5.32 Å². The summed E-state index contributed by atoms with van der Waals surface area (Å²) < 4.78 is 6.67. The Morgan fingerprint density at radius 1 is 1.18 bits per heavy atom. The zero-order valence-electron chi connectivity index (χ0n) is 15.2. The van der Waals surface area contributed by atoms with E-state index >= 15 is 0 Å². The van der Waals surface area contributed by atoms with Crippen LogP contribution in [0.2, 0.25) is 0 Å². The number of hydrogen-bond acceptors (Lipinski definition) is 4. The van der Waals surface area contributed by atoms with Crippen LogP contribution in [0.1, 0.15) is 19.4 Å². The van der Waals surface area contributed by atoms with E-state index in [9.17, 15) is 9.59 Å². The number of carboxylic acids is 1. The zero-order chi connectivity index (χ0) is 20.7. The van der Waals surface area contributed by atoms with Crippen LogP contribution in [0.15, 0.2) is 59.1 Å². The number of aliphatic carboxylic acids is 1. The van der Waals surface area contributed by atoms with E-state index in [0.717, 1.165) is 10.5 Å². The smallest absolute Gasteiger partial charge is 0.328 e. The average molecular weight is 463 g/mol. The van der Waals surface area contributed by atoms with Crippen LogP contribution in [0.25, 0.3) is 6.08 Å². The third-order valence-electron chi connectivity index (χ3n) is 3.52. The van der Waals surface area contributed by atoms with E-state index in [4.69, 9.17) is 22.1 Å². The predicted molar refractivity (Wildman–Crippen MR) is 116 cm³/mol. The van der Waals surface area contributed by atoms with Crippen LogP contribution in [0.5, 0.6) is 5.75 Å². The summed E-state index contributed by atoms with van der Waals surface area (Å²) in [5.41, 5.74) is 0.149. The lowest BCUT2D eigenvalue weighted by Gasteiger charge is -2.25. The Labute approximate surface area is 176 Å². The molecule has 2 aromatic rings. The summed E-state index contributed by atoms with van der Waals surface area (Å²) in [6, 6.07) is 14.1. The number of carbonyl (C=O) groups excluding carboxylic acids is 1. The van der Waals surface area contributed by atoms with E-state index in [2.05, 4.69) is 26.6 Å². The first kappa shape index (κ1) is 21.6. The molecule has 2 aromatic carbocycles. The van der Waals surface area contributed by atoms with Gasteiger partial charge in [0.15, 0.2) is 10.7 Å². The molecule has 8 heteroatoms.